The maximum Gasteiger partial charge on any atom is 0.216 e. The zero-order chi connectivity index (χ0) is 17.2. The van der Waals surface area contributed by atoms with E-state index in [2.05, 4.69) is 34.6 Å². The predicted octanol–water partition coefficient (Wildman–Crippen LogP) is 3.33. The van der Waals surface area contributed by atoms with Gasteiger partial charge >= 0.3 is 0 Å². The standard InChI is InChI=1S/C19H25N3O2/c1-4-5-9-17(24-19-11-6-10-18(21-19)23-3)15-22(2)14-16-8-7-12-20-13-16/h4,6-8,10-13,17H,1,5,9,14-15H2,2-3H3. The van der Waals surface area contributed by atoms with Crippen LogP contribution >= 0.6 is 0 Å². The van der Waals surface area contributed by atoms with Crippen molar-refractivity contribution in [2.75, 3.05) is 20.7 Å². The quantitative estimate of drug-likeness (QED) is 0.626. The fourth-order valence-corrected chi connectivity index (χ4v) is 2.45. The molecule has 2 aromatic heterocycles. The summed E-state index contributed by atoms with van der Waals surface area (Å²) >= 11 is 0. The van der Waals surface area contributed by atoms with Crippen molar-refractivity contribution in [2.45, 2.75) is 25.5 Å². The van der Waals surface area contributed by atoms with Gasteiger partial charge in [0.2, 0.25) is 11.8 Å². The monoisotopic (exact) mass is 327 g/mol. The molecule has 0 aliphatic rings. The lowest BCUT2D eigenvalue weighted by Crippen LogP contribution is -2.33. The van der Waals surface area contributed by atoms with Gasteiger partial charge in [0.25, 0.3) is 0 Å². The Morgan fingerprint density at radius 3 is 2.79 bits per heavy atom. The van der Waals surface area contributed by atoms with Crippen molar-refractivity contribution in [1.29, 1.82) is 0 Å². The third-order valence-corrected chi connectivity index (χ3v) is 3.58. The van der Waals surface area contributed by atoms with Crippen molar-refractivity contribution in [2.24, 2.45) is 0 Å². The molecular formula is C19H25N3O2. The van der Waals surface area contributed by atoms with Crippen LogP contribution in [0.1, 0.15) is 18.4 Å². The van der Waals surface area contributed by atoms with Gasteiger partial charge in [-0.2, -0.15) is 4.98 Å². The average Bonchev–Trinajstić information content (AvgIpc) is 2.60. The molecule has 0 fully saturated rings. The van der Waals surface area contributed by atoms with Crippen LogP contribution in [0.15, 0.2) is 55.4 Å². The Morgan fingerprint density at radius 1 is 1.25 bits per heavy atom. The first kappa shape index (κ1) is 17.9. The highest BCUT2D eigenvalue weighted by Gasteiger charge is 2.14. The lowest BCUT2D eigenvalue weighted by atomic mass is 10.1. The van der Waals surface area contributed by atoms with Crippen molar-refractivity contribution in [3.8, 4) is 11.8 Å². The van der Waals surface area contributed by atoms with Crippen molar-refractivity contribution >= 4 is 0 Å². The summed E-state index contributed by atoms with van der Waals surface area (Å²) in [6, 6.07) is 9.57. The van der Waals surface area contributed by atoms with Crippen LogP contribution in [0.4, 0.5) is 0 Å². The van der Waals surface area contributed by atoms with Gasteiger partial charge in [0.05, 0.1) is 7.11 Å². The second-order valence-electron chi connectivity index (χ2n) is 5.68. The lowest BCUT2D eigenvalue weighted by Gasteiger charge is -2.24. The molecule has 2 rings (SSSR count). The molecule has 1 atom stereocenters. The summed E-state index contributed by atoms with van der Waals surface area (Å²) in [5, 5.41) is 0. The summed E-state index contributed by atoms with van der Waals surface area (Å²) in [6.45, 7) is 5.42. The Kier molecular flexibility index (Phi) is 7.23. The number of likely N-dealkylation sites (N-methyl/N-ethyl adjacent to an activating group) is 1. The van der Waals surface area contributed by atoms with E-state index in [1.165, 1.54) is 5.56 Å². The summed E-state index contributed by atoms with van der Waals surface area (Å²) in [7, 11) is 3.68. The highest BCUT2D eigenvalue weighted by molar-refractivity contribution is 5.19. The number of allylic oxidation sites excluding steroid dienone is 1. The van der Waals surface area contributed by atoms with E-state index < -0.39 is 0 Å². The summed E-state index contributed by atoms with van der Waals surface area (Å²) < 4.78 is 11.2. The van der Waals surface area contributed by atoms with Gasteiger partial charge in [0, 0.05) is 37.6 Å². The van der Waals surface area contributed by atoms with E-state index in [9.17, 15) is 0 Å². The zero-order valence-corrected chi connectivity index (χ0v) is 14.4. The molecule has 0 spiro atoms. The molecular weight excluding hydrogens is 302 g/mol. The second kappa shape index (κ2) is 9.67. The van der Waals surface area contributed by atoms with Gasteiger partial charge in [0.15, 0.2) is 0 Å². The molecule has 0 N–H and O–H groups in total. The largest absolute Gasteiger partial charge is 0.481 e. The first-order valence-electron chi connectivity index (χ1n) is 8.07. The molecule has 0 aromatic carbocycles. The van der Waals surface area contributed by atoms with Crippen molar-refractivity contribution in [3.05, 3.63) is 60.9 Å². The lowest BCUT2D eigenvalue weighted by molar-refractivity contribution is 0.131. The van der Waals surface area contributed by atoms with E-state index in [-0.39, 0.29) is 6.10 Å². The minimum Gasteiger partial charge on any atom is -0.481 e. The van der Waals surface area contributed by atoms with Crippen molar-refractivity contribution in [1.82, 2.24) is 14.9 Å². The van der Waals surface area contributed by atoms with Gasteiger partial charge in [0.1, 0.15) is 6.10 Å². The minimum absolute atomic E-state index is 0.0317. The van der Waals surface area contributed by atoms with E-state index in [1.54, 1.807) is 19.4 Å². The Morgan fingerprint density at radius 2 is 2.08 bits per heavy atom. The molecule has 0 saturated carbocycles. The summed E-state index contributed by atoms with van der Waals surface area (Å²) in [5.41, 5.74) is 1.18. The molecule has 24 heavy (non-hydrogen) atoms. The molecule has 0 amide bonds. The first-order valence-corrected chi connectivity index (χ1v) is 8.07. The number of hydrogen-bond acceptors (Lipinski definition) is 5. The van der Waals surface area contributed by atoms with Crippen LogP contribution in [0.2, 0.25) is 0 Å². The van der Waals surface area contributed by atoms with Crippen LogP contribution < -0.4 is 9.47 Å². The number of aromatic nitrogens is 2. The summed E-state index contributed by atoms with van der Waals surface area (Å²) in [5.74, 6) is 1.14. The molecule has 2 aromatic rings. The molecule has 5 heteroatoms. The van der Waals surface area contributed by atoms with Gasteiger partial charge in [-0.15, -0.1) is 6.58 Å². The van der Waals surface area contributed by atoms with E-state index in [1.807, 2.05) is 30.5 Å². The topological polar surface area (TPSA) is 47.5 Å². The molecule has 0 bridgehead atoms. The maximum atomic E-state index is 6.07. The van der Waals surface area contributed by atoms with Crippen LogP contribution in [0.25, 0.3) is 0 Å². The maximum absolute atomic E-state index is 6.07. The second-order valence-corrected chi connectivity index (χ2v) is 5.68. The normalized spacial score (nSPS) is 12.0. The van der Waals surface area contributed by atoms with Gasteiger partial charge in [-0.05, 0) is 31.5 Å². The van der Waals surface area contributed by atoms with Crippen molar-refractivity contribution in [3.63, 3.8) is 0 Å². The Balaban J connectivity index is 1.97. The SMILES string of the molecule is C=CCCC(CN(C)Cc1cccnc1)Oc1cccc(OC)n1. The van der Waals surface area contributed by atoms with Crippen LogP contribution in [-0.4, -0.2) is 41.7 Å². The summed E-state index contributed by atoms with van der Waals surface area (Å²) in [4.78, 5) is 10.7. The number of pyridine rings is 2. The number of nitrogens with zero attached hydrogens (tertiary/aromatic N) is 3. The number of ether oxygens (including phenoxy) is 2. The van der Waals surface area contributed by atoms with Gasteiger partial charge in [-0.25, -0.2) is 0 Å². The third kappa shape index (κ3) is 6.01. The highest BCUT2D eigenvalue weighted by Crippen LogP contribution is 2.17. The zero-order valence-electron chi connectivity index (χ0n) is 14.4. The van der Waals surface area contributed by atoms with E-state index in [0.717, 1.165) is 25.9 Å². The average molecular weight is 327 g/mol. The molecule has 0 saturated heterocycles. The molecule has 2 heterocycles. The smallest absolute Gasteiger partial charge is 0.216 e. The minimum atomic E-state index is 0.0317. The molecule has 0 radical (unpaired) electrons. The summed E-state index contributed by atoms with van der Waals surface area (Å²) in [6.07, 6.45) is 7.41. The molecule has 128 valence electrons. The number of methoxy groups -OCH3 is 1. The van der Waals surface area contributed by atoms with Gasteiger partial charge in [-0.1, -0.05) is 18.2 Å². The van der Waals surface area contributed by atoms with E-state index in [0.29, 0.717) is 11.8 Å². The van der Waals surface area contributed by atoms with Gasteiger partial charge in [-0.3, -0.25) is 9.88 Å². The number of hydrogen-bond donors (Lipinski definition) is 0. The van der Waals surface area contributed by atoms with Crippen molar-refractivity contribution < 1.29 is 9.47 Å². The predicted molar refractivity (Wildman–Crippen MR) is 95.2 cm³/mol. The van der Waals surface area contributed by atoms with E-state index in [4.69, 9.17) is 9.47 Å². The number of rotatable bonds is 10. The molecule has 0 aliphatic carbocycles. The third-order valence-electron chi connectivity index (χ3n) is 3.58. The Hall–Kier alpha value is -2.40. The molecule has 0 aliphatic heterocycles. The van der Waals surface area contributed by atoms with E-state index >= 15 is 0 Å². The molecule has 5 nitrogen and oxygen atoms in total. The molecule has 1 unspecified atom stereocenters. The fourth-order valence-electron chi connectivity index (χ4n) is 2.45. The fraction of sp³-hybridized carbons (Fsp3) is 0.368. The van der Waals surface area contributed by atoms with Gasteiger partial charge < -0.3 is 9.47 Å². The Labute approximate surface area is 144 Å². The highest BCUT2D eigenvalue weighted by atomic mass is 16.5. The van der Waals surface area contributed by atoms with Crippen LogP contribution in [-0.2, 0) is 6.54 Å². The first-order chi connectivity index (χ1) is 11.7. The Bertz CT molecular complexity index is 619. The van der Waals surface area contributed by atoms with Crippen LogP contribution in [0.5, 0.6) is 11.8 Å². The van der Waals surface area contributed by atoms with Crippen LogP contribution in [0.3, 0.4) is 0 Å². The van der Waals surface area contributed by atoms with Crippen LogP contribution in [0, 0.1) is 0 Å².